The lowest BCUT2D eigenvalue weighted by Gasteiger charge is -2.36. The molecule has 3 saturated heterocycles. The summed E-state index contributed by atoms with van der Waals surface area (Å²) < 4.78 is 69.1. The number of ether oxygens (including phenoxy) is 2. The second-order valence-corrected chi connectivity index (χ2v) is 31.3. The summed E-state index contributed by atoms with van der Waals surface area (Å²) in [4.78, 5) is 67.3. The van der Waals surface area contributed by atoms with Crippen molar-refractivity contribution >= 4 is 75.0 Å². The van der Waals surface area contributed by atoms with Crippen LogP contribution in [0.25, 0.3) is 55.6 Å². The number of piperazine rings is 1. The summed E-state index contributed by atoms with van der Waals surface area (Å²) in [6, 6.07) is 12.4. The van der Waals surface area contributed by atoms with E-state index in [1.54, 1.807) is 13.2 Å². The van der Waals surface area contributed by atoms with Crippen molar-refractivity contribution in [3.8, 4) is 39.8 Å². The number of aromatic amines is 1. The Morgan fingerprint density at radius 1 is 1.01 bits per heavy atom. The number of thiazole rings is 1. The van der Waals surface area contributed by atoms with E-state index in [9.17, 15) is 37.4 Å². The van der Waals surface area contributed by atoms with Crippen LogP contribution in [0.5, 0.6) is 0 Å². The normalized spacial score (nSPS) is 22.4. The first kappa shape index (κ1) is 66.2. The predicted octanol–water partition coefficient (Wildman–Crippen LogP) is 10.3. The first-order valence-electron chi connectivity index (χ1n) is 31.8. The molecule has 4 fully saturated rings. The van der Waals surface area contributed by atoms with Gasteiger partial charge in [0.05, 0.1) is 74.8 Å². The Balaban J connectivity index is 0.000000217. The first-order valence-corrected chi connectivity index (χ1v) is 35.3. The molecule has 92 heavy (non-hydrogen) atoms. The highest BCUT2D eigenvalue weighted by molar-refractivity contribution is 7.70. The van der Waals surface area contributed by atoms with Crippen molar-refractivity contribution in [1.82, 2.24) is 55.5 Å². The van der Waals surface area contributed by atoms with Gasteiger partial charge in [-0.15, -0.1) is 11.3 Å². The number of H-pyrrole nitrogens is 1. The SMILES string of the molecule is CC1(C)CCC(Nc2ncc(C(F)(F)F)c(-c3c[nH]c4c(P(C)(C)=O)c(C#N)ccc34)n2)CN1.CCn1c(-c2cc(N3CCN(C)CC3)cnc2C(C)OC)c2c3cc(ccc31)-c1csc(n1)CC(NC(=O)C1CC1C)C(=O)N1CCCC(N1)C(=O)OCC(C)(C)C2. The minimum absolute atomic E-state index is 0.00631. The molecule has 1 saturated carbocycles. The zero-order chi connectivity index (χ0) is 65.8. The number of esters is 1. The number of nitrogens with zero attached hydrogens (tertiary/aromatic N) is 9. The van der Waals surface area contributed by atoms with Gasteiger partial charge in [-0.3, -0.25) is 24.4 Å². The maximum absolute atomic E-state index is 14.1. The average Bonchev–Trinajstić information content (AvgIpc) is 1.58. The largest absolute Gasteiger partial charge is 0.464 e. The van der Waals surface area contributed by atoms with E-state index < -0.39 is 36.4 Å². The van der Waals surface area contributed by atoms with Crippen molar-refractivity contribution in [1.29, 1.82) is 5.26 Å². The Kier molecular flexibility index (Phi) is 18.9. The summed E-state index contributed by atoms with van der Waals surface area (Å²) in [5, 5.41) is 25.2. The van der Waals surface area contributed by atoms with Crippen LogP contribution in [0, 0.1) is 28.6 Å². The molecule has 490 valence electrons. The van der Waals surface area contributed by atoms with E-state index in [0.29, 0.717) is 54.5 Å². The number of halogens is 3. The number of alkyl halides is 3. The number of rotatable bonds is 11. The first-order chi connectivity index (χ1) is 43.6. The molecule has 1 aliphatic carbocycles. The number of amides is 2. The van der Waals surface area contributed by atoms with Crippen LogP contribution in [0.15, 0.2) is 60.4 Å². The summed E-state index contributed by atoms with van der Waals surface area (Å²) in [5.74, 6) is -0.455. The van der Waals surface area contributed by atoms with Crippen molar-refractivity contribution in [2.75, 3.05) is 83.6 Å². The van der Waals surface area contributed by atoms with Crippen LogP contribution < -0.4 is 31.6 Å². The van der Waals surface area contributed by atoms with Crippen LogP contribution >= 0.6 is 18.5 Å². The number of hydrogen-bond acceptors (Lipinski definition) is 17. The van der Waals surface area contributed by atoms with Gasteiger partial charge in [0.15, 0.2) is 0 Å². The van der Waals surface area contributed by atoms with Crippen molar-refractivity contribution in [2.24, 2.45) is 17.3 Å². The van der Waals surface area contributed by atoms with Crippen molar-refractivity contribution in [3.63, 3.8) is 0 Å². The molecule has 6 bridgehead atoms. The van der Waals surface area contributed by atoms with E-state index >= 15 is 0 Å². The molecule has 20 nitrogen and oxygen atoms in total. The number of cyclic esters (lactones) is 1. The van der Waals surface area contributed by atoms with Crippen molar-refractivity contribution < 1.29 is 41.6 Å². The standard InChI is InChI=1S/C44H58N8O5S.C23H26F3N6OP/c1-8-51-37-12-11-28-19-31(37)33(40(51)32-20-29(23-45-39(32)27(3)56-7)50-16-14-49(6)15-17-50)22-44(4,5)25-57-43(55)34-10-9-13-52(48-34)42(54)35(21-38-46-36(28)24-58-38)47-41(53)30-18-26(30)2;1-22(2)8-7-14(10-30-22)31-21-29-12-17(23(24,25)26)18(32-21)16-11-28-19-15(16)6-5-13(9-27)20(19)34(3,4)33/h11-12,19-20,23-24,26-27,30,34-35,48H,8-10,13-18,21-22,25H2,1-7H3,(H,47,53);5-6,11-12,14,28,30H,7-8,10H2,1-4H3,(H,29,31,32). The summed E-state index contributed by atoms with van der Waals surface area (Å²) in [6.45, 7) is 23.6. The molecule has 7 aromatic rings. The molecule has 5 aliphatic rings. The van der Waals surface area contributed by atoms with Gasteiger partial charge in [0.2, 0.25) is 11.9 Å². The average molecular weight is 1300 g/mol. The Morgan fingerprint density at radius 3 is 2.45 bits per heavy atom. The lowest BCUT2D eigenvalue weighted by molar-refractivity contribution is -0.155. The van der Waals surface area contributed by atoms with Crippen LogP contribution in [0.3, 0.4) is 0 Å². The minimum atomic E-state index is -4.67. The molecule has 9 heterocycles. The maximum Gasteiger partial charge on any atom is 0.419 e. The third kappa shape index (κ3) is 14.1. The number of likely N-dealkylation sites (N-methyl/N-ethyl adjacent to an activating group) is 1. The maximum atomic E-state index is 14.1. The molecule has 2 amide bonds. The second kappa shape index (κ2) is 26.3. The number of hydrogen-bond donors (Lipinski definition) is 5. The molecule has 6 unspecified atom stereocenters. The molecule has 25 heteroatoms. The van der Waals surface area contributed by atoms with Gasteiger partial charge in [-0.25, -0.2) is 20.4 Å². The number of piperidine rings is 1. The highest BCUT2D eigenvalue weighted by Gasteiger charge is 2.43. The summed E-state index contributed by atoms with van der Waals surface area (Å²) >= 11 is 1.49. The number of anilines is 2. The Hall–Kier alpha value is -7.26. The number of aromatic nitrogens is 6. The number of aryl methyl sites for hydroxylation is 1. The quantitative estimate of drug-likeness (QED) is 0.0598. The van der Waals surface area contributed by atoms with E-state index in [1.165, 1.54) is 41.9 Å². The third-order valence-electron chi connectivity index (χ3n) is 18.7. The molecule has 0 radical (unpaired) electrons. The van der Waals surface area contributed by atoms with E-state index in [4.69, 9.17) is 19.4 Å². The van der Waals surface area contributed by atoms with Gasteiger partial charge >= 0.3 is 12.1 Å². The van der Waals surface area contributed by atoms with Gasteiger partial charge < -0.3 is 49.3 Å². The van der Waals surface area contributed by atoms with Crippen molar-refractivity contribution in [3.05, 3.63) is 87.8 Å². The van der Waals surface area contributed by atoms with Gasteiger partial charge in [-0.05, 0) is 122 Å². The Morgan fingerprint density at radius 2 is 1.77 bits per heavy atom. The fourth-order valence-electron chi connectivity index (χ4n) is 13.1. The third-order valence-corrected chi connectivity index (χ3v) is 21.1. The number of benzene rings is 2. The number of methoxy groups -OCH3 is 1. The van der Waals surface area contributed by atoms with Crippen molar-refractivity contribution in [2.45, 2.75) is 136 Å². The summed E-state index contributed by atoms with van der Waals surface area (Å²) in [5.41, 5.74) is 10.4. The molecule has 6 atom stereocenters. The van der Waals surface area contributed by atoms with Gasteiger partial charge in [-0.1, -0.05) is 32.9 Å². The van der Waals surface area contributed by atoms with Crippen LogP contribution in [0.2, 0.25) is 0 Å². The van der Waals surface area contributed by atoms with E-state index in [2.05, 4.69) is 117 Å². The number of carbonyl (C=O) groups is 3. The zero-order valence-corrected chi connectivity index (χ0v) is 56.0. The zero-order valence-electron chi connectivity index (χ0n) is 54.3. The van der Waals surface area contributed by atoms with Gasteiger partial charge in [-0.2, -0.15) is 18.4 Å². The molecule has 5 aromatic heterocycles. The van der Waals surface area contributed by atoms with E-state index in [-0.39, 0.29) is 77.2 Å². The molecule has 0 spiro atoms. The minimum Gasteiger partial charge on any atom is -0.464 e. The number of nitriles is 1. The Bertz CT molecular complexity index is 4020. The molecule has 2 aromatic carbocycles. The number of nitrogens with one attached hydrogen (secondary N) is 5. The Labute approximate surface area is 539 Å². The predicted molar refractivity (Wildman–Crippen MR) is 353 cm³/mol. The smallest absolute Gasteiger partial charge is 0.419 e. The number of hydrazine groups is 1. The summed E-state index contributed by atoms with van der Waals surface area (Å²) in [7, 11) is 0.980. The monoisotopic (exact) mass is 1300 g/mol. The topological polar surface area (TPSA) is 241 Å². The second-order valence-electron chi connectivity index (χ2n) is 27.2. The molecule has 12 rings (SSSR count). The molecular weight excluding hydrogens is 1220 g/mol. The fourth-order valence-corrected chi connectivity index (χ4v) is 15.4. The van der Waals surface area contributed by atoms with Crippen LogP contribution in [-0.2, 0) is 54.0 Å². The van der Waals surface area contributed by atoms with Crippen LogP contribution in [0.1, 0.15) is 114 Å². The lowest BCUT2D eigenvalue weighted by Crippen LogP contribution is -2.60. The van der Waals surface area contributed by atoms with Gasteiger partial charge in [0, 0.05) is 133 Å². The number of carbonyl (C=O) groups excluding carboxylic acids is 3. The molecule has 5 N–H and O–H groups in total. The van der Waals surface area contributed by atoms with Crippen LogP contribution in [-0.4, -0.2) is 154 Å². The van der Waals surface area contributed by atoms with Gasteiger partial charge in [0.25, 0.3) is 5.91 Å². The molecule has 4 aliphatic heterocycles. The molecular formula is C67H84F3N14O6PS. The highest BCUT2D eigenvalue weighted by atomic mass is 32.1. The lowest BCUT2D eigenvalue weighted by atomic mass is 9.84. The van der Waals surface area contributed by atoms with Crippen LogP contribution in [0.4, 0.5) is 24.8 Å². The van der Waals surface area contributed by atoms with Gasteiger partial charge in [0.1, 0.15) is 24.8 Å². The fraction of sp³-hybridized carbons (Fsp3) is 0.522. The number of fused-ring (bicyclic) bond motifs is 7. The van der Waals surface area contributed by atoms with E-state index in [1.807, 2.05) is 31.5 Å². The van der Waals surface area contributed by atoms with E-state index in [0.717, 1.165) is 114 Å². The summed E-state index contributed by atoms with van der Waals surface area (Å²) in [6.07, 6.45) is 3.87. The number of pyridine rings is 1. The highest BCUT2D eigenvalue weighted by Crippen LogP contribution is 2.46.